The van der Waals surface area contributed by atoms with Crippen LogP contribution in [0.3, 0.4) is 0 Å². The van der Waals surface area contributed by atoms with Crippen LogP contribution in [0.4, 0.5) is 0 Å². The van der Waals surface area contributed by atoms with Crippen LogP contribution in [-0.2, 0) is 4.74 Å². The lowest BCUT2D eigenvalue weighted by molar-refractivity contribution is 0.0860. The third-order valence-electron chi connectivity index (χ3n) is 3.40. The standard InChI is InChI=1S/C12H26N2O/c1-3-15-10-12(2,9-13)14-8-7-11-5-4-6-11/h11,14H,3-10,13H2,1-2H3. The summed E-state index contributed by atoms with van der Waals surface area (Å²) in [7, 11) is 0. The van der Waals surface area contributed by atoms with Gasteiger partial charge in [-0.2, -0.15) is 0 Å². The Morgan fingerprint density at radius 1 is 1.47 bits per heavy atom. The van der Waals surface area contributed by atoms with E-state index in [1.807, 2.05) is 6.92 Å². The maximum atomic E-state index is 5.77. The molecule has 0 bridgehead atoms. The summed E-state index contributed by atoms with van der Waals surface area (Å²) in [4.78, 5) is 0. The van der Waals surface area contributed by atoms with Crippen molar-refractivity contribution in [2.75, 3.05) is 26.3 Å². The molecule has 3 heteroatoms. The molecular weight excluding hydrogens is 188 g/mol. The van der Waals surface area contributed by atoms with E-state index in [1.54, 1.807) is 0 Å². The fraction of sp³-hybridized carbons (Fsp3) is 1.00. The van der Waals surface area contributed by atoms with Gasteiger partial charge in [-0.25, -0.2) is 0 Å². The van der Waals surface area contributed by atoms with Crippen LogP contribution in [0.25, 0.3) is 0 Å². The second-order valence-corrected chi connectivity index (χ2v) is 4.91. The highest BCUT2D eigenvalue weighted by Crippen LogP contribution is 2.28. The molecule has 0 spiro atoms. The number of hydrogen-bond donors (Lipinski definition) is 2. The third-order valence-corrected chi connectivity index (χ3v) is 3.40. The molecule has 0 heterocycles. The predicted octanol–water partition coefficient (Wildman–Crippen LogP) is 1.52. The van der Waals surface area contributed by atoms with Gasteiger partial charge in [0.1, 0.15) is 0 Å². The van der Waals surface area contributed by atoms with Crippen molar-refractivity contribution in [3.8, 4) is 0 Å². The van der Waals surface area contributed by atoms with E-state index >= 15 is 0 Å². The molecule has 1 unspecified atom stereocenters. The Morgan fingerprint density at radius 3 is 2.67 bits per heavy atom. The lowest BCUT2D eigenvalue weighted by Gasteiger charge is -2.31. The molecule has 15 heavy (non-hydrogen) atoms. The first kappa shape index (κ1) is 12.9. The maximum absolute atomic E-state index is 5.77. The first-order chi connectivity index (χ1) is 7.20. The highest BCUT2D eigenvalue weighted by Gasteiger charge is 2.23. The summed E-state index contributed by atoms with van der Waals surface area (Å²) < 4.78 is 5.44. The highest BCUT2D eigenvalue weighted by atomic mass is 16.5. The van der Waals surface area contributed by atoms with E-state index < -0.39 is 0 Å². The minimum Gasteiger partial charge on any atom is -0.380 e. The second-order valence-electron chi connectivity index (χ2n) is 4.91. The predicted molar refractivity (Wildman–Crippen MR) is 63.9 cm³/mol. The van der Waals surface area contributed by atoms with Gasteiger partial charge in [0.2, 0.25) is 0 Å². The van der Waals surface area contributed by atoms with Crippen LogP contribution in [0.1, 0.15) is 39.5 Å². The number of ether oxygens (including phenoxy) is 1. The monoisotopic (exact) mass is 214 g/mol. The van der Waals surface area contributed by atoms with E-state index in [-0.39, 0.29) is 5.54 Å². The lowest BCUT2D eigenvalue weighted by Crippen LogP contribution is -2.52. The highest BCUT2D eigenvalue weighted by molar-refractivity contribution is 4.84. The van der Waals surface area contributed by atoms with E-state index in [0.29, 0.717) is 13.2 Å². The van der Waals surface area contributed by atoms with Gasteiger partial charge >= 0.3 is 0 Å². The van der Waals surface area contributed by atoms with Gasteiger partial charge in [-0.1, -0.05) is 19.3 Å². The summed E-state index contributed by atoms with van der Waals surface area (Å²) in [6, 6.07) is 0. The zero-order valence-electron chi connectivity index (χ0n) is 10.2. The van der Waals surface area contributed by atoms with Gasteiger partial charge in [-0.05, 0) is 32.7 Å². The van der Waals surface area contributed by atoms with Crippen molar-refractivity contribution >= 4 is 0 Å². The van der Waals surface area contributed by atoms with Crippen molar-refractivity contribution in [2.24, 2.45) is 11.7 Å². The Labute approximate surface area is 93.8 Å². The van der Waals surface area contributed by atoms with Crippen LogP contribution in [0.5, 0.6) is 0 Å². The Balaban J connectivity index is 2.12. The van der Waals surface area contributed by atoms with Crippen molar-refractivity contribution in [3.05, 3.63) is 0 Å². The summed E-state index contributed by atoms with van der Waals surface area (Å²) in [5.74, 6) is 0.964. The number of rotatable bonds is 8. The number of hydrogen-bond acceptors (Lipinski definition) is 3. The van der Waals surface area contributed by atoms with Gasteiger partial charge in [-0.3, -0.25) is 0 Å². The molecule has 1 rings (SSSR count). The quantitative estimate of drug-likeness (QED) is 0.644. The minimum absolute atomic E-state index is 0.0419. The smallest absolute Gasteiger partial charge is 0.0657 e. The zero-order valence-corrected chi connectivity index (χ0v) is 10.2. The second kappa shape index (κ2) is 6.46. The van der Waals surface area contributed by atoms with Crippen molar-refractivity contribution in [1.82, 2.24) is 5.32 Å². The molecule has 3 N–H and O–H groups in total. The molecule has 3 nitrogen and oxygen atoms in total. The Hall–Kier alpha value is -0.120. The van der Waals surface area contributed by atoms with Crippen LogP contribution in [0.2, 0.25) is 0 Å². The van der Waals surface area contributed by atoms with Crippen molar-refractivity contribution in [2.45, 2.75) is 45.1 Å². The normalized spacial score (nSPS) is 21.0. The Morgan fingerprint density at radius 2 is 2.20 bits per heavy atom. The van der Waals surface area contributed by atoms with Crippen LogP contribution in [0.15, 0.2) is 0 Å². The molecule has 0 aromatic carbocycles. The summed E-state index contributed by atoms with van der Waals surface area (Å²) in [6.07, 6.45) is 5.57. The molecule has 0 radical (unpaired) electrons. The topological polar surface area (TPSA) is 47.3 Å². The molecule has 0 aromatic rings. The molecule has 1 aliphatic rings. The van der Waals surface area contributed by atoms with E-state index in [9.17, 15) is 0 Å². The van der Waals surface area contributed by atoms with Crippen molar-refractivity contribution < 1.29 is 4.74 Å². The largest absolute Gasteiger partial charge is 0.380 e. The zero-order chi connectivity index (χ0) is 11.1. The molecule has 0 saturated heterocycles. The summed E-state index contributed by atoms with van der Waals surface area (Å²) >= 11 is 0. The molecule has 0 aliphatic heterocycles. The fourth-order valence-electron chi connectivity index (χ4n) is 1.87. The average molecular weight is 214 g/mol. The molecule has 1 aliphatic carbocycles. The van der Waals surface area contributed by atoms with Crippen molar-refractivity contribution in [3.63, 3.8) is 0 Å². The molecule has 1 saturated carbocycles. The van der Waals surface area contributed by atoms with Crippen LogP contribution in [0, 0.1) is 5.92 Å². The first-order valence-electron chi connectivity index (χ1n) is 6.23. The molecule has 90 valence electrons. The lowest BCUT2D eigenvalue weighted by atomic mass is 9.83. The molecule has 0 aromatic heterocycles. The van der Waals surface area contributed by atoms with Crippen LogP contribution in [-0.4, -0.2) is 31.8 Å². The van der Waals surface area contributed by atoms with Gasteiger partial charge in [0.25, 0.3) is 0 Å². The van der Waals surface area contributed by atoms with Crippen LogP contribution < -0.4 is 11.1 Å². The summed E-state index contributed by atoms with van der Waals surface area (Å²) in [5.41, 5.74) is 5.73. The number of nitrogens with two attached hydrogens (primary N) is 1. The minimum atomic E-state index is -0.0419. The van der Waals surface area contributed by atoms with Crippen LogP contribution >= 0.6 is 0 Å². The average Bonchev–Trinajstić information content (AvgIpc) is 2.19. The summed E-state index contributed by atoms with van der Waals surface area (Å²) in [6.45, 7) is 7.35. The van der Waals surface area contributed by atoms with Gasteiger partial charge in [-0.15, -0.1) is 0 Å². The fourth-order valence-corrected chi connectivity index (χ4v) is 1.87. The maximum Gasteiger partial charge on any atom is 0.0657 e. The SMILES string of the molecule is CCOCC(C)(CN)NCCC1CCC1. The Bertz CT molecular complexity index is 171. The molecule has 1 fully saturated rings. The van der Waals surface area contributed by atoms with E-state index in [1.165, 1.54) is 25.7 Å². The molecule has 1 atom stereocenters. The van der Waals surface area contributed by atoms with Crippen molar-refractivity contribution in [1.29, 1.82) is 0 Å². The van der Waals surface area contributed by atoms with Gasteiger partial charge < -0.3 is 15.8 Å². The van der Waals surface area contributed by atoms with E-state index in [0.717, 1.165) is 19.1 Å². The molecular formula is C12H26N2O. The first-order valence-corrected chi connectivity index (χ1v) is 6.23. The number of nitrogens with one attached hydrogen (secondary N) is 1. The summed E-state index contributed by atoms with van der Waals surface area (Å²) in [5, 5.41) is 3.53. The van der Waals surface area contributed by atoms with Gasteiger partial charge in [0.15, 0.2) is 0 Å². The third kappa shape index (κ3) is 4.49. The van der Waals surface area contributed by atoms with Gasteiger partial charge in [0, 0.05) is 13.2 Å². The van der Waals surface area contributed by atoms with Gasteiger partial charge in [0.05, 0.1) is 12.1 Å². The van der Waals surface area contributed by atoms with E-state index in [2.05, 4.69) is 12.2 Å². The molecule has 0 amide bonds. The van der Waals surface area contributed by atoms with E-state index in [4.69, 9.17) is 10.5 Å². The Kier molecular flexibility index (Phi) is 5.58.